The van der Waals surface area contributed by atoms with E-state index in [0.29, 0.717) is 34.9 Å². The first-order chi connectivity index (χ1) is 40.7. The molecule has 2 atom stereocenters. The number of para-hydroxylation sites is 4. The zero-order chi connectivity index (χ0) is 53.8. The highest BCUT2D eigenvalue weighted by molar-refractivity contribution is 6.16. The van der Waals surface area contributed by atoms with Crippen LogP contribution in [0.25, 0.3) is 123 Å². The molecule has 0 radical (unpaired) electrons. The zero-order valence-electron chi connectivity index (χ0n) is 44.1. The maximum atomic E-state index is 5.44. The van der Waals surface area contributed by atoms with Gasteiger partial charge in [-0.3, -0.25) is 0 Å². The topological polar surface area (TPSA) is 87.2 Å². The molecule has 8 nitrogen and oxygen atoms in total. The van der Waals surface area contributed by atoms with Crippen LogP contribution >= 0.6 is 0 Å². The Morgan fingerprint density at radius 1 is 0.232 bits per heavy atom. The third-order valence-corrected chi connectivity index (χ3v) is 16.8. The van der Waals surface area contributed by atoms with Gasteiger partial charge in [-0.15, -0.1) is 0 Å². The smallest absolute Gasteiger partial charge is 0.164 e. The Morgan fingerprint density at radius 3 is 0.988 bits per heavy atom. The molecule has 0 saturated heterocycles. The second-order valence-electron chi connectivity index (χ2n) is 21.3. The summed E-state index contributed by atoms with van der Waals surface area (Å²) in [5, 5.41) is 4.48. The normalized spacial score (nSPS) is 14.1. The molecule has 3 aliphatic rings. The summed E-state index contributed by atoms with van der Waals surface area (Å²) < 4.78 is 4.67. The van der Waals surface area contributed by atoms with Crippen LogP contribution in [0.1, 0.15) is 45.2 Å². The molecule has 82 heavy (non-hydrogen) atoms. The van der Waals surface area contributed by atoms with Gasteiger partial charge in [0.2, 0.25) is 0 Å². The Balaban J connectivity index is 0.811. The molecule has 0 spiro atoms. The van der Waals surface area contributed by atoms with Crippen LogP contribution in [0.15, 0.2) is 267 Å². The van der Waals surface area contributed by atoms with Gasteiger partial charge in [0.1, 0.15) is 0 Å². The lowest BCUT2D eigenvalue weighted by Gasteiger charge is -2.42. The molecule has 18 rings (SSSR count). The first-order valence-electron chi connectivity index (χ1n) is 27.8. The molecular formula is C74H46N8. The summed E-state index contributed by atoms with van der Waals surface area (Å²) in [6, 6.07) is 94.5. The quantitative estimate of drug-likeness (QED) is 0.151. The second kappa shape index (κ2) is 18.3. The van der Waals surface area contributed by atoms with Gasteiger partial charge in [0, 0.05) is 78.1 Å². The van der Waals surface area contributed by atoms with Crippen molar-refractivity contribution in [2.45, 2.75) is 11.8 Å². The van der Waals surface area contributed by atoms with Gasteiger partial charge in [-0.2, -0.15) is 0 Å². The molecule has 0 fully saturated rings. The van der Waals surface area contributed by atoms with Crippen LogP contribution in [0.2, 0.25) is 0 Å². The Labute approximate surface area is 472 Å². The lowest BCUT2D eigenvalue weighted by molar-refractivity contribution is 0.754. The Bertz CT molecular complexity index is 4730. The molecule has 3 aliphatic carbocycles. The summed E-state index contributed by atoms with van der Waals surface area (Å²) in [5.41, 5.74) is 20.0. The Kier molecular flexibility index (Phi) is 10.3. The SMILES string of the molecule is c1ccc(-c2nc(-c3ccc4c(c3)C3c5ccccc5C4c4cc(-c5nc(-c6ccccc6)nc(-c6cccc7c6c6ccccc6n7-c6ccccc6)n5)ccc43)nc(-c3cccc4c3c3ccccc3n4-c3ccccc3)n2)cc1. The summed E-state index contributed by atoms with van der Waals surface area (Å²) in [5.74, 6) is 3.70. The zero-order valence-corrected chi connectivity index (χ0v) is 44.1. The van der Waals surface area contributed by atoms with E-state index in [0.717, 1.165) is 88.4 Å². The molecule has 2 bridgehead atoms. The van der Waals surface area contributed by atoms with E-state index in [-0.39, 0.29) is 11.8 Å². The molecule has 382 valence electrons. The average Bonchev–Trinajstić information content (AvgIpc) is 1.66. The molecule has 2 unspecified atom stereocenters. The third-order valence-electron chi connectivity index (χ3n) is 16.8. The summed E-state index contributed by atoms with van der Waals surface area (Å²) in [6.45, 7) is 0. The van der Waals surface area contributed by atoms with Crippen LogP contribution in [-0.2, 0) is 0 Å². The van der Waals surface area contributed by atoms with E-state index in [2.05, 4.69) is 240 Å². The van der Waals surface area contributed by atoms with E-state index in [1.54, 1.807) is 0 Å². The first-order valence-corrected chi connectivity index (χ1v) is 27.8. The highest BCUT2D eigenvalue weighted by atomic mass is 15.1. The van der Waals surface area contributed by atoms with Crippen molar-refractivity contribution in [3.05, 3.63) is 300 Å². The molecule has 0 N–H and O–H groups in total. The molecule has 15 aromatic rings. The van der Waals surface area contributed by atoms with Crippen molar-refractivity contribution >= 4 is 43.6 Å². The highest BCUT2D eigenvalue weighted by Crippen LogP contribution is 2.57. The Hall–Kier alpha value is -11.0. The van der Waals surface area contributed by atoms with Crippen LogP contribution in [0.3, 0.4) is 0 Å². The largest absolute Gasteiger partial charge is 0.309 e. The number of rotatable bonds is 8. The van der Waals surface area contributed by atoms with E-state index in [1.807, 2.05) is 36.4 Å². The fourth-order valence-electron chi connectivity index (χ4n) is 13.3. The van der Waals surface area contributed by atoms with Crippen molar-refractivity contribution in [2.24, 2.45) is 0 Å². The molecule has 0 saturated carbocycles. The van der Waals surface area contributed by atoms with Gasteiger partial charge >= 0.3 is 0 Å². The summed E-state index contributed by atoms with van der Waals surface area (Å²) in [6.07, 6.45) is 0. The van der Waals surface area contributed by atoms with Gasteiger partial charge < -0.3 is 9.13 Å². The number of hydrogen-bond donors (Lipinski definition) is 0. The van der Waals surface area contributed by atoms with E-state index < -0.39 is 0 Å². The molecule has 4 heterocycles. The number of fused-ring (bicyclic) bond motifs is 6. The first kappa shape index (κ1) is 46.0. The van der Waals surface area contributed by atoms with Crippen LogP contribution < -0.4 is 0 Å². The predicted octanol–water partition coefficient (Wildman–Crippen LogP) is 17.2. The molecule has 8 heteroatoms. The maximum absolute atomic E-state index is 5.44. The second-order valence-corrected chi connectivity index (χ2v) is 21.3. The van der Waals surface area contributed by atoms with Gasteiger partial charge in [0.05, 0.1) is 22.1 Å². The van der Waals surface area contributed by atoms with Gasteiger partial charge in [-0.25, -0.2) is 29.9 Å². The minimum Gasteiger partial charge on any atom is -0.309 e. The minimum absolute atomic E-state index is 0.0266. The number of benzene rings is 11. The number of nitrogens with zero attached hydrogens (tertiary/aromatic N) is 8. The van der Waals surface area contributed by atoms with Gasteiger partial charge in [0.25, 0.3) is 0 Å². The maximum Gasteiger partial charge on any atom is 0.164 e. The minimum atomic E-state index is -0.0266. The fourth-order valence-corrected chi connectivity index (χ4v) is 13.3. The summed E-state index contributed by atoms with van der Waals surface area (Å²) in [4.78, 5) is 32.1. The van der Waals surface area contributed by atoms with Crippen molar-refractivity contribution in [3.63, 3.8) is 0 Å². The van der Waals surface area contributed by atoms with Gasteiger partial charge in [-0.1, -0.05) is 206 Å². The van der Waals surface area contributed by atoms with E-state index in [4.69, 9.17) is 29.9 Å². The van der Waals surface area contributed by atoms with Crippen molar-refractivity contribution in [1.82, 2.24) is 39.0 Å². The lowest BCUT2D eigenvalue weighted by Crippen LogP contribution is -2.27. The van der Waals surface area contributed by atoms with E-state index >= 15 is 0 Å². The number of hydrogen-bond acceptors (Lipinski definition) is 6. The van der Waals surface area contributed by atoms with Crippen molar-refractivity contribution in [2.75, 3.05) is 0 Å². The van der Waals surface area contributed by atoms with Crippen molar-refractivity contribution in [3.8, 4) is 79.7 Å². The van der Waals surface area contributed by atoms with Gasteiger partial charge in [0.15, 0.2) is 34.9 Å². The molecule has 11 aromatic carbocycles. The fraction of sp³-hybridized carbons (Fsp3) is 0.0270. The molecule has 0 aliphatic heterocycles. The lowest BCUT2D eigenvalue weighted by atomic mass is 9.61. The van der Waals surface area contributed by atoms with Crippen LogP contribution in [-0.4, -0.2) is 39.0 Å². The Morgan fingerprint density at radius 2 is 0.561 bits per heavy atom. The van der Waals surface area contributed by atoms with Crippen LogP contribution in [0.4, 0.5) is 0 Å². The number of aromatic nitrogens is 8. The molecular weight excluding hydrogens is 1000 g/mol. The monoisotopic (exact) mass is 1050 g/mol. The molecule has 0 amide bonds. The van der Waals surface area contributed by atoms with Crippen molar-refractivity contribution in [1.29, 1.82) is 0 Å². The highest BCUT2D eigenvalue weighted by Gasteiger charge is 2.42. The standard InChI is InChI=1S/C74H46N8/c1-5-21-45(22-6-1)69-75-71(79-73(77-69)57-33-19-37-63-67(57)55-31-15-17-35-61(55)81(63)49-25-9-3-10-26-49)47-39-41-53-59(43-47)65-51-29-13-14-30-52(51)66(53)60-44-48(40-42-54(60)65)72-76-70(46-23-7-2-8-24-46)78-74(80-72)58-34-20-38-64-68(58)56-32-16-18-36-62(56)82(64)50-27-11-4-12-28-50/h1-44,65-66H. The summed E-state index contributed by atoms with van der Waals surface area (Å²) in [7, 11) is 0. The van der Waals surface area contributed by atoms with E-state index in [9.17, 15) is 0 Å². The average molecular weight is 1050 g/mol. The van der Waals surface area contributed by atoms with Crippen LogP contribution in [0.5, 0.6) is 0 Å². The molecule has 4 aromatic heterocycles. The van der Waals surface area contributed by atoms with Crippen molar-refractivity contribution < 1.29 is 0 Å². The summed E-state index contributed by atoms with van der Waals surface area (Å²) >= 11 is 0. The van der Waals surface area contributed by atoms with Crippen LogP contribution in [0, 0.1) is 0 Å². The van der Waals surface area contributed by atoms with Gasteiger partial charge in [-0.05, 0) is 94.0 Å². The third kappa shape index (κ3) is 7.11. The predicted molar refractivity (Wildman–Crippen MR) is 329 cm³/mol. The van der Waals surface area contributed by atoms with E-state index in [1.165, 1.54) is 33.4 Å².